The number of imidazole rings is 1. The van der Waals surface area contributed by atoms with E-state index in [-0.39, 0.29) is 22.7 Å². The SMILES string of the molecule is Cc1cc(F)c(N)c(C)c1S(=O)(=O)NCc1cnc[nH]1. The third-order valence-corrected chi connectivity index (χ3v) is 4.67. The van der Waals surface area contributed by atoms with Gasteiger partial charge in [-0.2, -0.15) is 0 Å². The smallest absolute Gasteiger partial charge is 0.241 e. The molecule has 108 valence electrons. The van der Waals surface area contributed by atoms with Gasteiger partial charge in [0.1, 0.15) is 5.82 Å². The van der Waals surface area contributed by atoms with E-state index in [4.69, 9.17) is 5.73 Å². The molecular formula is C12H15FN4O2S. The van der Waals surface area contributed by atoms with Crippen molar-refractivity contribution >= 4 is 15.7 Å². The quantitative estimate of drug-likeness (QED) is 0.739. The second kappa shape index (κ2) is 5.22. The van der Waals surface area contributed by atoms with Gasteiger partial charge >= 0.3 is 0 Å². The Balaban J connectivity index is 2.37. The van der Waals surface area contributed by atoms with Crippen molar-refractivity contribution in [1.29, 1.82) is 0 Å². The number of H-pyrrole nitrogens is 1. The van der Waals surface area contributed by atoms with Crippen LogP contribution in [0.15, 0.2) is 23.5 Å². The number of aromatic nitrogens is 2. The van der Waals surface area contributed by atoms with Crippen LogP contribution in [0.25, 0.3) is 0 Å². The predicted molar refractivity (Wildman–Crippen MR) is 72.9 cm³/mol. The number of anilines is 1. The monoisotopic (exact) mass is 298 g/mol. The first-order chi connectivity index (χ1) is 9.33. The van der Waals surface area contributed by atoms with Gasteiger partial charge in [-0.1, -0.05) is 0 Å². The largest absolute Gasteiger partial charge is 0.396 e. The molecule has 0 unspecified atom stereocenters. The first-order valence-electron chi connectivity index (χ1n) is 5.85. The Hall–Kier alpha value is -1.93. The van der Waals surface area contributed by atoms with Crippen LogP contribution in [0.3, 0.4) is 0 Å². The lowest BCUT2D eigenvalue weighted by Gasteiger charge is -2.14. The second-order valence-corrected chi connectivity index (χ2v) is 6.15. The molecule has 1 heterocycles. The summed E-state index contributed by atoms with van der Waals surface area (Å²) in [4.78, 5) is 6.59. The van der Waals surface area contributed by atoms with Crippen LogP contribution in [0, 0.1) is 19.7 Å². The first kappa shape index (κ1) is 14.5. The van der Waals surface area contributed by atoms with Crippen LogP contribution in [0.4, 0.5) is 10.1 Å². The summed E-state index contributed by atoms with van der Waals surface area (Å²) in [6.07, 6.45) is 2.97. The summed E-state index contributed by atoms with van der Waals surface area (Å²) < 4.78 is 40.5. The van der Waals surface area contributed by atoms with E-state index in [1.165, 1.54) is 26.4 Å². The van der Waals surface area contributed by atoms with Crippen LogP contribution in [-0.2, 0) is 16.6 Å². The van der Waals surface area contributed by atoms with Crippen molar-refractivity contribution in [3.8, 4) is 0 Å². The summed E-state index contributed by atoms with van der Waals surface area (Å²) in [6.45, 7) is 3.08. The molecule has 0 aliphatic heterocycles. The van der Waals surface area contributed by atoms with E-state index in [2.05, 4.69) is 14.7 Å². The van der Waals surface area contributed by atoms with Crippen LogP contribution in [0.2, 0.25) is 0 Å². The number of hydrogen-bond donors (Lipinski definition) is 3. The van der Waals surface area contributed by atoms with Crippen molar-refractivity contribution < 1.29 is 12.8 Å². The van der Waals surface area contributed by atoms with Crippen molar-refractivity contribution in [2.24, 2.45) is 0 Å². The molecule has 2 aromatic rings. The van der Waals surface area contributed by atoms with Crippen LogP contribution in [-0.4, -0.2) is 18.4 Å². The van der Waals surface area contributed by atoms with Gasteiger partial charge in [-0.05, 0) is 31.0 Å². The maximum atomic E-state index is 13.5. The van der Waals surface area contributed by atoms with Crippen molar-refractivity contribution in [3.05, 3.63) is 41.2 Å². The topological polar surface area (TPSA) is 101 Å². The molecular weight excluding hydrogens is 283 g/mol. The highest BCUT2D eigenvalue weighted by molar-refractivity contribution is 7.89. The molecule has 0 aliphatic carbocycles. The molecule has 0 amide bonds. The van der Waals surface area contributed by atoms with E-state index in [1.54, 1.807) is 0 Å². The van der Waals surface area contributed by atoms with Gasteiger partial charge in [0.05, 0.1) is 23.5 Å². The number of halogens is 1. The fraction of sp³-hybridized carbons (Fsp3) is 0.250. The van der Waals surface area contributed by atoms with Crippen LogP contribution in [0.5, 0.6) is 0 Å². The van der Waals surface area contributed by atoms with Gasteiger partial charge in [-0.3, -0.25) is 0 Å². The number of sulfonamides is 1. The predicted octanol–water partition coefficient (Wildman–Crippen LogP) is 1.23. The van der Waals surface area contributed by atoms with Gasteiger partial charge in [-0.15, -0.1) is 0 Å². The third kappa shape index (κ3) is 2.66. The van der Waals surface area contributed by atoms with E-state index < -0.39 is 15.8 Å². The molecule has 1 aromatic carbocycles. The van der Waals surface area contributed by atoms with Gasteiger partial charge in [0.15, 0.2) is 0 Å². The zero-order valence-electron chi connectivity index (χ0n) is 11.1. The van der Waals surface area contributed by atoms with Crippen LogP contribution >= 0.6 is 0 Å². The van der Waals surface area contributed by atoms with Crippen LogP contribution in [0.1, 0.15) is 16.8 Å². The Kier molecular flexibility index (Phi) is 3.78. The summed E-state index contributed by atoms with van der Waals surface area (Å²) in [7, 11) is -3.78. The minimum atomic E-state index is -3.78. The average molecular weight is 298 g/mol. The summed E-state index contributed by atoms with van der Waals surface area (Å²) in [5, 5.41) is 0. The Morgan fingerprint density at radius 3 is 2.75 bits per heavy atom. The number of aromatic amines is 1. The maximum absolute atomic E-state index is 13.5. The Morgan fingerprint density at radius 2 is 2.15 bits per heavy atom. The van der Waals surface area contributed by atoms with E-state index >= 15 is 0 Å². The van der Waals surface area contributed by atoms with Gasteiger partial charge in [-0.25, -0.2) is 22.5 Å². The molecule has 0 fully saturated rings. The van der Waals surface area contributed by atoms with Gasteiger partial charge in [0.2, 0.25) is 10.0 Å². The summed E-state index contributed by atoms with van der Waals surface area (Å²) in [5.41, 5.74) is 6.54. The lowest BCUT2D eigenvalue weighted by Crippen LogP contribution is -2.25. The molecule has 8 heteroatoms. The van der Waals surface area contributed by atoms with Crippen LogP contribution < -0.4 is 10.5 Å². The average Bonchev–Trinajstić information content (AvgIpc) is 2.86. The molecule has 4 N–H and O–H groups in total. The maximum Gasteiger partial charge on any atom is 0.241 e. The van der Waals surface area contributed by atoms with E-state index in [9.17, 15) is 12.8 Å². The molecule has 6 nitrogen and oxygen atoms in total. The summed E-state index contributed by atoms with van der Waals surface area (Å²) >= 11 is 0. The molecule has 0 saturated heterocycles. The van der Waals surface area contributed by atoms with E-state index in [0.717, 1.165) is 6.07 Å². The van der Waals surface area contributed by atoms with Gasteiger partial charge < -0.3 is 10.7 Å². The summed E-state index contributed by atoms with van der Waals surface area (Å²) in [6, 6.07) is 1.12. The normalized spacial score (nSPS) is 11.8. The second-order valence-electron chi connectivity index (χ2n) is 4.44. The van der Waals surface area contributed by atoms with Crippen molar-refractivity contribution in [1.82, 2.24) is 14.7 Å². The number of benzene rings is 1. The number of rotatable bonds is 4. The minimum Gasteiger partial charge on any atom is -0.396 e. The highest BCUT2D eigenvalue weighted by atomic mass is 32.2. The molecule has 20 heavy (non-hydrogen) atoms. The molecule has 0 bridgehead atoms. The molecule has 2 rings (SSSR count). The molecule has 0 saturated carbocycles. The summed E-state index contributed by atoms with van der Waals surface area (Å²) in [5.74, 6) is -0.618. The van der Waals surface area contributed by atoms with E-state index in [0.29, 0.717) is 11.3 Å². The zero-order valence-corrected chi connectivity index (χ0v) is 11.9. The molecule has 0 spiro atoms. The highest BCUT2D eigenvalue weighted by Gasteiger charge is 2.22. The lowest BCUT2D eigenvalue weighted by molar-refractivity contribution is 0.578. The lowest BCUT2D eigenvalue weighted by atomic mass is 10.1. The van der Waals surface area contributed by atoms with Crippen molar-refractivity contribution in [2.45, 2.75) is 25.3 Å². The fourth-order valence-corrected chi connectivity index (χ4v) is 3.46. The molecule has 0 radical (unpaired) electrons. The van der Waals surface area contributed by atoms with Gasteiger partial charge in [0, 0.05) is 11.9 Å². The zero-order chi connectivity index (χ0) is 14.9. The number of hydrogen-bond acceptors (Lipinski definition) is 4. The number of nitrogen functional groups attached to an aromatic ring is 1. The number of nitrogens with zero attached hydrogens (tertiary/aromatic N) is 1. The van der Waals surface area contributed by atoms with Gasteiger partial charge in [0.25, 0.3) is 0 Å². The minimum absolute atomic E-state index is 0.0101. The first-order valence-corrected chi connectivity index (χ1v) is 7.33. The van der Waals surface area contributed by atoms with Crippen molar-refractivity contribution in [3.63, 3.8) is 0 Å². The standard InChI is InChI=1S/C12H15FN4O2S/c1-7-3-10(13)11(14)8(2)12(7)20(18,19)17-5-9-4-15-6-16-9/h3-4,6,17H,5,14H2,1-2H3,(H,15,16). The molecule has 1 aromatic heterocycles. The number of nitrogens with two attached hydrogens (primary N) is 1. The number of nitrogens with one attached hydrogen (secondary N) is 2. The Bertz CT molecular complexity index is 726. The third-order valence-electron chi connectivity index (χ3n) is 2.98. The van der Waals surface area contributed by atoms with E-state index in [1.807, 2.05) is 0 Å². The Morgan fingerprint density at radius 1 is 1.45 bits per heavy atom. The fourth-order valence-electron chi connectivity index (χ4n) is 1.97. The molecule has 0 atom stereocenters. The van der Waals surface area contributed by atoms with Crippen molar-refractivity contribution in [2.75, 3.05) is 5.73 Å². The highest BCUT2D eigenvalue weighted by Crippen LogP contribution is 2.27. The number of aryl methyl sites for hydroxylation is 1. The Labute approximate surface area is 116 Å². The molecule has 0 aliphatic rings.